The van der Waals surface area contributed by atoms with Crippen LogP contribution in [0.3, 0.4) is 0 Å². The Balaban J connectivity index is 1.63. The van der Waals surface area contributed by atoms with Gasteiger partial charge in [0, 0.05) is 29.0 Å². The highest BCUT2D eigenvalue weighted by Gasteiger charge is 2.07. The number of hydrogen-bond donors (Lipinski definition) is 2. The standard InChI is InChI=1S/C20H18ClN3O2/c1-26-18-7-5-14(6-8-18)13-23-20(25)15-9-10-22-19(11-15)24-17-4-2-3-16(21)12-17/h2-12H,13H2,1H3,(H,22,24)(H,23,25). The van der Waals surface area contributed by atoms with Crippen molar-refractivity contribution < 1.29 is 9.53 Å². The van der Waals surface area contributed by atoms with Gasteiger partial charge in [0.05, 0.1) is 7.11 Å². The van der Waals surface area contributed by atoms with E-state index in [-0.39, 0.29) is 5.91 Å². The Bertz CT molecular complexity index is 898. The number of amides is 1. The Morgan fingerprint density at radius 1 is 1.12 bits per heavy atom. The van der Waals surface area contributed by atoms with Crippen molar-refractivity contribution >= 4 is 29.0 Å². The second-order valence-corrected chi connectivity index (χ2v) is 6.03. The zero-order valence-electron chi connectivity index (χ0n) is 14.2. The van der Waals surface area contributed by atoms with Crippen LogP contribution in [-0.4, -0.2) is 18.0 Å². The SMILES string of the molecule is COc1ccc(CNC(=O)c2ccnc(Nc3cccc(Cl)c3)c2)cc1. The van der Waals surface area contributed by atoms with Gasteiger partial charge in [-0.15, -0.1) is 0 Å². The van der Waals surface area contributed by atoms with Crippen LogP contribution >= 0.6 is 11.6 Å². The number of benzene rings is 2. The summed E-state index contributed by atoms with van der Waals surface area (Å²) in [5.74, 6) is 1.19. The van der Waals surface area contributed by atoms with Crippen molar-refractivity contribution in [3.8, 4) is 5.75 Å². The molecule has 6 heteroatoms. The quantitative estimate of drug-likeness (QED) is 0.677. The molecule has 1 amide bonds. The molecule has 0 spiro atoms. The molecule has 0 aliphatic rings. The van der Waals surface area contributed by atoms with Crippen LogP contribution in [0.25, 0.3) is 0 Å². The minimum atomic E-state index is -0.169. The third-order valence-corrected chi connectivity index (χ3v) is 3.97. The number of aromatic nitrogens is 1. The van der Waals surface area contributed by atoms with Crippen LogP contribution < -0.4 is 15.4 Å². The van der Waals surface area contributed by atoms with Crippen LogP contribution in [0.2, 0.25) is 5.02 Å². The molecule has 5 nitrogen and oxygen atoms in total. The molecular formula is C20H18ClN3O2. The molecule has 0 aliphatic carbocycles. The van der Waals surface area contributed by atoms with Gasteiger partial charge in [-0.05, 0) is 48.0 Å². The fourth-order valence-electron chi connectivity index (χ4n) is 2.38. The second kappa shape index (κ2) is 8.36. The molecule has 0 radical (unpaired) electrons. The zero-order valence-corrected chi connectivity index (χ0v) is 15.0. The summed E-state index contributed by atoms with van der Waals surface area (Å²) in [5, 5.41) is 6.66. The summed E-state index contributed by atoms with van der Waals surface area (Å²) in [4.78, 5) is 16.6. The summed E-state index contributed by atoms with van der Waals surface area (Å²) in [6.07, 6.45) is 1.59. The summed E-state index contributed by atoms with van der Waals surface area (Å²) >= 11 is 5.98. The summed E-state index contributed by atoms with van der Waals surface area (Å²) in [6.45, 7) is 0.433. The maximum absolute atomic E-state index is 12.4. The zero-order chi connectivity index (χ0) is 18.4. The highest BCUT2D eigenvalue weighted by atomic mass is 35.5. The van der Waals surface area contributed by atoms with E-state index in [9.17, 15) is 4.79 Å². The van der Waals surface area contributed by atoms with Gasteiger partial charge in [0.2, 0.25) is 0 Å². The first kappa shape index (κ1) is 17.8. The van der Waals surface area contributed by atoms with E-state index >= 15 is 0 Å². The van der Waals surface area contributed by atoms with Crippen molar-refractivity contribution in [1.29, 1.82) is 0 Å². The predicted octanol–water partition coefficient (Wildman–Crippen LogP) is 4.42. The molecule has 3 rings (SSSR count). The van der Waals surface area contributed by atoms with E-state index in [1.165, 1.54) is 0 Å². The lowest BCUT2D eigenvalue weighted by Crippen LogP contribution is -2.22. The van der Waals surface area contributed by atoms with Gasteiger partial charge in [0.15, 0.2) is 0 Å². The Morgan fingerprint density at radius 3 is 2.65 bits per heavy atom. The van der Waals surface area contributed by atoms with Gasteiger partial charge in [0.25, 0.3) is 5.91 Å². The fourth-order valence-corrected chi connectivity index (χ4v) is 2.57. The van der Waals surface area contributed by atoms with Gasteiger partial charge in [-0.2, -0.15) is 0 Å². The molecule has 0 fully saturated rings. The van der Waals surface area contributed by atoms with E-state index in [0.717, 1.165) is 17.0 Å². The molecule has 26 heavy (non-hydrogen) atoms. The Labute approximate surface area is 157 Å². The number of ether oxygens (including phenoxy) is 1. The Kier molecular flexibility index (Phi) is 5.71. The number of pyridine rings is 1. The topological polar surface area (TPSA) is 63.2 Å². The number of rotatable bonds is 6. The van der Waals surface area contributed by atoms with E-state index in [1.54, 1.807) is 37.6 Å². The third kappa shape index (κ3) is 4.74. The molecule has 0 saturated heterocycles. The number of methoxy groups -OCH3 is 1. The number of nitrogens with one attached hydrogen (secondary N) is 2. The molecule has 0 saturated carbocycles. The summed E-state index contributed by atoms with van der Waals surface area (Å²) in [6, 6.07) is 18.2. The lowest BCUT2D eigenvalue weighted by Gasteiger charge is -2.09. The maximum atomic E-state index is 12.4. The first-order valence-corrected chi connectivity index (χ1v) is 8.41. The van der Waals surface area contributed by atoms with Gasteiger partial charge in [-0.3, -0.25) is 4.79 Å². The summed E-state index contributed by atoms with van der Waals surface area (Å²) in [7, 11) is 1.62. The average molecular weight is 368 g/mol. The van der Waals surface area contributed by atoms with E-state index in [4.69, 9.17) is 16.3 Å². The molecule has 132 valence electrons. The number of halogens is 1. The maximum Gasteiger partial charge on any atom is 0.251 e. The van der Waals surface area contributed by atoms with Crippen LogP contribution in [0, 0.1) is 0 Å². The normalized spacial score (nSPS) is 10.2. The molecule has 2 N–H and O–H groups in total. The first-order valence-electron chi connectivity index (χ1n) is 8.04. The van der Waals surface area contributed by atoms with Crippen molar-refractivity contribution in [3.63, 3.8) is 0 Å². The molecule has 1 heterocycles. The van der Waals surface area contributed by atoms with Gasteiger partial charge in [-0.1, -0.05) is 29.8 Å². The van der Waals surface area contributed by atoms with Crippen LogP contribution in [0.4, 0.5) is 11.5 Å². The van der Waals surface area contributed by atoms with Crippen LogP contribution in [-0.2, 0) is 6.54 Å². The molecule has 3 aromatic rings. The van der Waals surface area contributed by atoms with Crippen LogP contribution in [0.1, 0.15) is 15.9 Å². The van der Waals surface area contributed by atoms with Gasteiger partial charge < -0.3 is 15.4 Å². The van der Waals surface area contributed by atoms with Crippen molar-refractivity contribution in [2.24, 2.45) is 0 Å². The van der Waals surface area contributed by atoms with Crippen molar-refractivity contribution in [1.82, 2.24) is 10.3 Å². The van der Waals surface area contributed by atoms with Gasteiger partial charge >= 0.3 is 0 Å². The monoisotopic (exact) mass is 367 g/mol. The van der Waals surface area contributed by atoms with Crippen molar-refractivity contribution in [3.05, 3.63) is 83.0 Å². The van der Waals surface area contributed by atoms with E-state index in [0.29, 0.717) is 22.9 Å². The lowest BCUT2D eigenvalue weighted by molar-refractivity contribution is 0.0951. The van der Waals surface area contributed by atoms with Crippen molar-refractivity contribution in [2.45, 2.75) is 6.54 Å². The first-order chi connectivity index (χ1) is 12.6. The molecule has 0 bridgehead atoms. The Morgan fingerprint density at radius 2 is 1.92 bits per heavy atom. The molecular weight excluding hydrogens is 350 g/mol. The molecule has 2 aromatic carbocycles. The number of hydrogen-bond acceptors (Lipinski definition) is 4. The van der Waals surface area contributed by atoms with Crippen LogP contribution in [0.15, 0.2) is 66.9 Å². The molecule has 0 atom stereocenters. The van der Waals surface area contributed by atoms with Crippen LogP contribution in [0.5, 0.6) is 5.75 Å². The molecule has 1 aromatic heterocycles. The minimum absolute atomic E-state index is 0.169. The van der Waals surface area contributed by atoms with Crippen molar-refractivity contribution in [2.75, 3.05) is 12.4 Å². The smallest absolute Gasteiger partial charge is 0.251 e. The number of carbonyl (C=O) groups excluding carboxylic acids is 1. The molecule has 0 unspecified atom stereocenters. The van der Waals surface area contributed by atoms with E-state index in [1.807, 2.05) is 36.4 Å². The largest absolute Gasteiger partial charge is 0.497 e. The highest BCUT2D eigenvalue weighted by Crippen LogP contribution is 2.19. The average Bonchev–Trinajstić information content (AvgIpc) is 2.67. The highest BCUT2D eigenvalue weighted by molar-refractivity contribution is 6.30. The third-order valence-electron chi connectivity index (χ3n) is 3.73. The summed E-state index contributed by atoms with van der Waals surface area (Å²) < 4.78 is 5.12. The van der Waals surface area contributed by atoms with Gasteiger partial charge in [-0.25, -0.2) is 4.98 Å². The van der Waals surface area contributed by atoms with Gasteiger partial charge in [0.1, 0.15) is 11.6 Å². The fraction of sp³-hybridized carbons (Fsp3) is 0.100. The number of anilines is 2. The van der Waals surface area contributed by atoms with E-state index in [2.05, 4.69) is 15.6 Å². The van der Waals surface area contributed by atoms with E-state index < -0.39 is 0 Å². The lowest BCUT2D eigenvalue weighted by atomic mass is 10.2. The molecule has 0 aliphatic heterocycles. The number of carbonyl (C=O) groups is 1. The summed E-state index contributed by atoms with van der Waals surface area (Å²) in [5.41, 5.74) is 2.32. The minimum Gasteiger partial charge on any atom is -0.497 e. The predicted molar refractivity (Wildman–Crippen MR) is 103 cm³/mol. The number of nitrogens with zero attached hydrogens (tertiary/aromatic N) is 1. The Hall–Kier alpha value is -3.05. The second-order valence-electron chi connectivity index (χ2n) is 5.60.